The maximum absolute atomic E-state index is 14.5. The van der Waals surface area contributed by atoms with Gasteiger partial charge in [-0.1, -0.05) is 36.9 Å². The molecule has 166 valence electrons. The van der Waals surface area contributed by atoms with Gasteiger partial charge >= 0.3 is 0 Å². The molecule has 0 saturated carbocycles. The zero-order chi connectivity index (χ0) is 23.2. The van der Waals surface area contributed by atoms with Gasteiger partial charge in [-0.05, 0) is 38.1 Å². The van der Waals surface area contributed by atoms with E-state index >= 15 is 0 Å². The van der Waals surface area contributed by atoms with E-state index in [-0.39, 0.29) is 18.0 Å². The lowest BCUT2D eigenvalue weighted by Crippen LogP contribution is -2.59. The second-order valence-electron chi connectivity index (χ2n) is 8.13. The van der Waals surface area contributed by atoms with Crippen LogP contribution in [0.1, 0.15) is 19.4 Å². The number of benzene rings is 1. The molecule has 4 rings (SSSR count). The summed E-state index contributed by atoms with van der Waals surface area (Å²) in [5.41, 5.74) is 1.45. The molecular weight excluding hydrogens is 429 g/mol. The molecule has 0 aliphatic carbocycles. The van der Waals surface area contributed by atoms with E-state index in [9.17, 15) is 9.18 Å². The smallest absolute Gasteiger partial charge is 0.246 e. The van der Waals surface area contributed by atoms with Crippen molar-refractivity contribution in [2.45, 2.75) is 25.9 Å². The Bertz CT molecular complexity index is 1150. The third-order valence-electron chi connectivity index (χ3n) is 5.98. The Morgan fingerprint density at radius 1 is 1.22 bits per heavy atom. The van der Waals surface area contributed by atoms with Gasteiger partial charge in [-0.3, -0.25) is 4.79 Å². The largest absolute Gasteiger partial charge is 0.349 e. The molecule has 1 aromatic carbocycles. The van der Waals surface area contributed by atoms with E-state index in [1.807, 2.05) is 25.8 Å². The van der Waals surface area contributed by atoms with Gasteiger partial charge < -0.3 is 14.7 Å². The average molecular weight is 454 g/mol. The second kappa shape index (κ2) is 8.39. The Hall–Kier alpha value is -3.19. The van der Waals surface area contributed by atoms with Gasteiger partial charge in [0.25, 0.3) is 0 Å². The van der Waals surface area contributed by atoms with E-state index in [4.69, 9.17) is 21.6 Å². The number of carbonyl (C=O) groups excluding carboxylic acids is 1. The Morgan fingerprint density at radius 2 is 1.94 bits per heavy atom. The van der Waals surface area contributed by atoms with Crippen LogP contribution in [0.4, 0.5) is 10.2 Å². The summed E-state index contributed by atoms with van der Waals surface area (Å²) in [6.45, 7) is 12.8. The van der Waals surface area contributed by atoms with Crippen LogP contribution in [0.25, 0.3) is 11.3 Å². The second-order valence-corrected chi connectivity index (χ2v) is 8.53. The average Bonchev–Trinajstić information content (AvgIpc) is 2.77. The van der Waals surface area contributed by atoms with E-state index in [1.54, 1.807) is 29.2 Å². The number of hydrogen-bond donors (Lipinski definition) is 0. The van der Waals surface area contributed by atoms with Crippen LogP contribution in [0.15, 0.2) is 60.4 Å². The highest BCUT2D eigenvalue weighted by Crippen LogP contribution is 2.37. The number of pyridine rings is 1. The number of piperazine rings is 1. The van der Waals surface area contributed by atoms with Crippen LogP contribution in [0, 0.1) is 5.82 Å². The highest BCUT2D eigenvalue weighted by Gasteiger charge is 2.36. The van der Waals surface area contributed by atoms with Crippen LogP contribution in [0.3, 0.4) is 0 Å². The van der Waals surface area contributed by atoms with Crippen molar-refractivity contribution in [2.24, 2.45) is 4.99 Å². The lowest BCUT2D eigenvalue weighted by Gasteiger charge is -2.46. The molecule has 3 heterocycles. The number of halogens is 2. The summed E-state index contributed by atoms with van der Waals surface area (Å²) in [6, 6.07) is 8.17. The van der Waals surface area contributed by atoms with E-state index in [2.05, 4.69) is 18.1 Å². The number of fused-ring (bicyclic) bond motifs is 1. The van der Waals surface area contributed by atoms with Gasteiger partial charge in [-0.2, -0.15) is 0 Å². The Balaban J connectivity index is 1.77. The minimum atomic E-state index is -0.390. The number of aromatic nitrogens is 1. The van der Waals surface area contributed by atoms with Crippen LogP contribution in [-0.4, -0.2) is 58.7 Å². The molecule has 2 unspecified atom stereocenters. The summed E-state index contributed by atoms with van der Waals surface area (Å²) in [7, 11) is 1.82. The first kappa shape index (κ1) is 22.0. The summed E-state index contributed by atoms with van der Waals surface area (Å²) in [4.78, 5) is 27.4. The predicted octanol–water partition coefficient (Wildman–Crippen LogP) is 4.32. The molecule has 0 bridgehead atoms. The highest BCUT2D eigenvalue weighted by atomic mass is 35.5. The van der Waals surface area contributed by atoms with Crippen molar-refractivity contribution in [1.82, 2.24) is 14.8 Å². The molecule has 0 radical (unpaired) electrons. The third kappa shape index (κ3) is 3.66. The molecule has 0 N–H and O–H groups in total. The van der Waals surface area contributed by atoms with E-state index in [1.165, 1.54) is 12.1 Å². The van der Waals surface area contributed by atoms with Gasteiger partial charge in [0, 0.05) is 37.8 Å². The minimum absolute atomic E-state index is 0.00271. The molecule has 0 spiro atoms. The lowest BCUT2D eigenvalue weighted by atomic mass is 10.0. The van der Waals surface area contributed by atoms with Crippen LogP contribution < -0.4 is 4.90 Å². The molecule has 8 heteroatoms. The summed E-state index contributed by atoms with van der Waals surface area (Å²) in [5, 5.41) is 0.337. The summed E-state index contributed by atoms with van der Waals surface area (Å²) in [6.07, 6.45) is 1.34. The molecule has 1 saturated heterocycles. The molecule has 2 atom stereocenters. The van der Waals surface area contributed by atoms with Gasteiger partial charge in [0.2, 0.25) is 5.91 Å². The third-order valence-corrected chi connectivity index (χ3v) is 6.27. The zero-order valence-electron chi connectivity index (χ0n) is 18.3. The number of nitrogens with zero attached hydrogens (tertiary/aromatic N) is 5. The number of anilines is 1. The quantitative estimate of drug-likeness (QED) is 0.635. The fraction of sp³-hybridized carbons (Fsp3) is 0.292. The fourth-order valence-electron chi connectivity index (χ4n) is 4.19. The summed E-state index contributed by atoms with van der Waals surface area (Å²) >= 11 is 6.60. The SMILES string of the molecule is C=CC(=O)N1CC(C)N(C2=NC(=C)N(C)c3nc(-c4ccccc4F)c(Cl)cc32)CC1C. The first-order valence-electron chi connectivity index (χ1n) is 10.4. The van der Waals surface area contributed by atoms with Crippen molar-refractivity contribution in [3.05, 3.63) is 71.8 Å². The van der Waals surface area contributed by atoms with E-state index < -0.39 is 5.82 Å². The molecule has 1 aromatic heterocycles. The maximum Gasteiger partial charge on any atom is 0.246 e. The Morgan fingerprint density at radius 3 is 2.62 bits per heavy atom. The predicted molar refractivity (Wildman–Crippen MR) is 126 cm³/mol. The Kier molecular flexibility index (Phi) is 5.77. The maximum atomic E-state index is 14.5. The summed E-state index contributed by atoms with van der Waals surface area (Å²) < 4.78 is 14.5. The van der Waals surface area contributed by atoms with Gasteiger partial charge in [0.1, 0.15) is 23.3 Å². The van der Waals surface area contributed by atoms with Crippen molar-refractivity contribution >= 4 is 29.2 Å². The van der Waals surface area contributed by atoms with Crippen molar-refractivity contribution < 1.29 is 9.18 Å². The first-order chi connectivity index (χ1) is 15.2. The van der Waals surface area contributed by atoms with Crippen molar-refractivity contribution in [3.63, 3.8) is 0 Å². The lowest BCUT2D eigenvalue weighted by molar-refractivity contribution is -0.130. The van der Waals surface area contributed by atoms with Gasteiger partial charge in [0.15, 0.2) is 0 Å². The van der Waals surface area contributed by atoms with Crippen molar-refractivity contribution in [2.75, 3.05) is 25.0 Å². The topological polar surface area (TPSA) is 52.0 Å². The minimum Gasteiger partial charge on any atom is -0.349 e. The highest BCUT2D eigenvalue weighted by molar-refractivity contribution is 6.33. The number of carbonyl (C=O) groups is 1. The van der Waals surface area contributed by atoms with Gasteiger partial charge in [-0.25, -0.2) is 14.4 Å². The van der Waals surface area contributed by atoms with Crippen LogP contribution >= 0.6 is 11.6 Å². The van der Waals surface area contributed by atoms with Gasteiger partial charge in [-0.15, -0.1) is 0 Å². The van der Waals surface area contributed by atoms with Crippen LogP contribution in [0.2, 0.25) is 5.02 Å². The van der Waals surface area contributed by atoms with Crippen molar-refractivity contribution in [1.29, 1.82) is 0 Å². The number of amidine groups is 1. The number of aliphatic imine (C=N–C) groups is 1. The molecule has 2 aromatic rings. The first-order valence-corrected chi connectivity index (χ1v) is 10.8. The fourth-order valence-corrected chi connectivity index (χ4v) is 4.44. The van der Waals surface area contributed by atoms with Crippen LogP contribution in [0.5, 0.6) is 0 Å². The van der Waals surface area contributed by atoms with Gasteiger partial charge in [0.05, 0.1) is 16.3 Å². The van der Waals surface area contributed by atoms with Crippen LogP contribution in [-0.2, 0) is 4.79 Å². The van der Waals surface area contributed by atoms with E-state index in [0.717, 1.165) is 5.56 Å². The number of hydrogen-bond acceptors (Lipinski definition) is 5. The molecule has 2 aliphatic heterocycles. The molecule has 1 amide bonds. The van der Waals surface area contributed by atoms with E-state index in [0.29, 0.717) is 46.8 Å². The molecular formula is C24H25ClFN5O. The molecule has 6 nitrogen and oxygen atoms in total. The normalized spacial score (nSPS) is 20.7. The zero-order valence-corrected chi connectivity index (χ0v) is 19.1. The molecule has 32 heavy (non-hydrogen) atoms. The van der Waals surface area contributed by atoms with Crippen molar-refractivity contribution in [3.8, 4) is 11.3 Å². The standard InChI is InChI=1S/C24H25ClFN5O/c1-6-21(32)30-12-15(3)31(13-14(30)2)24-18-11-19(25)22(17-9-7-8-10-20(17)26)28-23(18)29(5)16(4)27-24/h6-11,14-15H,1,4,12-13H2,2-3,5H3. The summed E-state index contributed by atoms with van der Waals surface area (Å²) in [5.74, 6) is 1.35. The monoisotopic (exact) mass is 453 g/mol. The molecule has 1 fully saturated rings. The Labute approximate surface area is 192 Å². The number of amides is 1. The number of rotatable bonds is 2. The molecule has 2 aliphatic rings.